The quantitative estimate of drug-likeness (QED) is 0.604. The van der Waals surface area contributed by atoms with E-state index in [-0.39, 0.29) is 10.7 Å². The van der Waals surface area contributed by atoms with Crippen LogP contribution in [0.1, 0.15) is 5.56 Å². The first-order chi connectivity index (χ1) is 7.04. The maximum absolute atomic E-state index is 13.3. The van der Waals surface area contributed by atoms with Crippen molar-refractivity contribution < 1.29 is 9.13 Å². The summed E-state index contributed by atoms with van der Waals surface area (Å²) in [6.07, 6.45) is 1.40. The first kappa shape index (κ1) is 11.5. The van der Waals surface area contributed by atoms with Crippen LogP contribution in [-0.2, 0) is 0 Å². The minimum atomic E-state index is -0.478. The zero-order valence-electron chi connectivity index (χ0n) is 8.16. The number of ether oxygens (including phenoxy) is 1. The van der Waals surface area contributed by atoms with Crippen LogP contribution in [0.15, 0.2) is 24.3 Å². The number of thiocarbonyl (C=S) groups is 1. The average molecular weight is 226 g/mol. The van der Waals surface area contributed by atoms with E-state index in [1.807, 2.05) is 0 Å². The van der Waals surface area contributed by atoms with E-state index in [1.54, 1.807) is 6.07 Å². The van der Waals surface area contributed by atoms with Crippen molar-refractivity contribution in [1.29, 1.82) is 0 Å². The second kappa shape index (κ2) is 4.75. The van der Waals surface area contributed by atoms with Gasteiger partial charge in [0.25, 0.3) is 0 Å². The van der Waals surface area contributed by atoms with Gasteiger partial charge >= 0.3 is 0 Å². The predicted octanol–water partition coefficient (Wildman–Crippen LogP) is 1.42. The fourth-order valence-electron chi connectivity index (χ4n) is 1.08. The van der Waals surface area contributed by atoms with Gasteiger partial charge in [0.15, 0.2) is 11.6 Å². The Hall–Kier alpha value is -1.62. The summed E-state index contributed by atoms with van der Waals surface area (Å²) in [5, 5.41) is 0. The third-order valence-corrected chi connectivity index (χ3v) is 1.90. The van der Waals surface area contributed by atoms with Crippen LogP contribution >= 0.6 is 12.2 Å². The van der Waals surface area contributed by atoms with Gasteiger partial charge in [0.2, 0.25) is 0 Å². The average Bonchev–Trinajstić information content (AvgIpc) is 2.16. The number of hydrogen-bond acceptors (Lipinski definition) is 3. The van der Waals surface area contributed by atoms with Gasteiger partial charge in [0.1, 0.15) is 0 Å². The van der Waals surface area contributed by atoms with Crippen LogP contribution in [0.4, 0.5) is 4.39 Å². The Morgan fingerprint density at radius 2 is 2.13 bits per heavy atom. The first-order valence-electron chi connectivity index (χ1n) is 4.15. The molecule has 0 heterocycles. The van der Waals surface area contributed by atoms with E-state index in [9.17, 15) is 4.39 Å². The second-order valence-corrected chi connectivity index (χ2v) is 3.32. The Labute approximate surface area is 92.5 Å². The van der Waals surface area contributed by atoms with Crippen molar-refractivity contribution in [2.45, 2.75) is 0 Å². The SMILES string of the molecule is COc1ccc(/C(N)=C\C(N)=S)cc1F. The van der Waals surface area contributed by atoms with Crippen molar-refractivity contribution in [3.8, 4) is 5.75 Å². The number of benzene rings is 1. The van der Waals surface area contributed by atoms with E-state index in [2.05, 4.69) is 12.2 Å². The van der Waals surface area contributed by atoms with Gasteiger partial charge in [-0.3, -0.25) is 0 Å². The molecule has 0 atom stereocenters. The second-order valence-electron chi connectivity index (χ2n) is 2.85. The number of hydrogen-bond donors (Lipinski definition) is 2. The standard InChI is InChI=1S/C10H11FN2OS/c1-14-9-3-2-6(4-7(9)11)8(12)5-10(13)15/h2-5H,12H2,1H3,(H2,13,15)/b8-5+. The highest BCUT2D eigenvalue weighted by molar-refractivity contribution is 7.80. The Morgan fingerprint density at radius 3 is 2.60 bits per heavy atom. The number of rotatable bonds is 3. The largest absolute Gasteiger partial charge is 0.494 e. The number of halogens is 1. The fourth-order valence-corrected chi connectivity index (χ4v) is 1.21. The molecule has 1 aromatic rings. The molecule has 0 aromatic heterocycles. The van der Waals surface area contributed by atoms with E-state index in [0.29, 0.717) is 11.3 Å². The number of methoxy groups -OCH3 is 1. The molecule has 0 fully saturated rings. The molecule has 5 heteroatoms. The highest BCUT2D eigenvalue weighted by atomic mass is 32.1. The Morgan fingerprint density at radius 1 is 1.47 bits per heavy atom. The minimum Gasteiger partial charge on any atom is -0.494 e. The van der Waals surface area contributed by atoms with Gasteiger partial charge in [-0.1, -0.05) is 12.2 Å². The van der Waals surface area contributed by atoms with E-state index < -0.39 is 5.82 Å². The molecule has 0 spiro atoms. The van der Waals surface area contributed by atoms with Gasteiger partial charge in [-0.15, -0.1) is 0 Å². The van der Waals surface area contributed by atoms with Crippen LogP contribution < -0.4 is 16.2 Å². The summed E-state index contributed by atoms with van der Waals surface area (Å²) in [6, 6.07) is 4.39. The molecule has 4 N–H and O–H groups in total. The third-order valence-electron chi connectivity index (χ3n) is 1.78. The maximum Gasteiger partial charge on any atom is 0.165 e. The summed E-state index contributed by atoms with van der Waals surface area (Å²) in [5.74, 6) is -0.309. The molecule has 15 heavy (non-hydrogen) atoms. The highest BCUT2D eigenvalue weighted by Crippen LogP contribution is 2.20. The van der Waals surface area contributed by atoms with Crippen molar-refractivity contribution in [2.75, 3.05) is 7.11 Å². The molecule has 0 aliphatic rings. The maximum atomic E-state index is 13.3. The Bertz CT molecular complexity index is 418. The number of nitrogens with two attached hydrogens (primary N) is 2. The molecule has 0 aliphatic carbocycles. The molecule has 0 amide bonds. The fraction of sp³-hybridized carbons (Fsp3) is 0.100. The van der Waals surface area contributed by atoms with Crippen molar-refractivity contribution >= 4 is 22.9 Å². The van der Waals surface area contributed by atoms with Crippen molar-refractivity contribution in [3.05, 3.63) is 35.7 Å². The van der Waals surface area contributed by atoms with Crippen LogP contribution in [0.3, 0.4) is 0 Å². The van der Waals surface area contributed by atoms with Crippen LogP contribution in [-0.4, -0.2) is 12.1 Å². The topological polar surface area (TPSA) is 61.3 Å². The lowest BCUT2D eigenvalue weighted by molar-refractivity contribution is 0.386. The van der Waals surface area contributed by atoms with Gasteiger partial charge in [0.05, 0.1) is 12.1 Å². The molecule has 0 radical (unpaired) electrons. The third kappa shape index (κ3) is 2.92. The van der Waals surface area contributed by atoms with Gasteiger partial charge < -0.3 is 16.2 Å². The summed E-state index contributed by atoms with van der Waals surface area (Å²) in [6.45, 7) is 0. The molecular weight excluding hydrogens is 215 g/mol. The van der Waals surface area contributed by atoms with Crippen LogP contribution in [0.2, 0.25) is 0 Å². The Balaban J connectivity index is 3.07. The lowest BCUT2D eigenvalue weighted by Gasteiger charge is -2.05. The first-order valence-corrected chi connectivity index (χ1v) is 4.56. The molecule has 0 saturated carbocycles. The molecule has 0 saturated heterocycles. The predicted molar refractivity (Wildman–Crippen MR) is 61.9 cm³/mol. The van der Waals surface area contributed by atoms with Crippen LogP contribution in [0, 0.1) is 5.82 Å². The molecular formula is C10H11FN2OS. The van der Waals surface area contributed by atoms with Gasteiger partial charge in [-0.25, -0.2) is 4.39 Å². The van der Waals surface area contributed by atoms with Crippen LogP contribution in [0.5, 0.6) is 5.75 Å². The zero-order valence-corrected chi connectivity index (χ0v) is 8.98. The normalized spacial score (nSPS) is 11.2. The Kier molecular flexibility index (Phi) is 3.62. The van der Waals surface area contributed by atoms with E-state index in [0.717, 1.165) is 0 Å². The zero-order chi connectivity index (χ0) is 11.4. The van der Waals surface area contributed by atoms with E-state index >= 15 is 0 Å². The molecule has 1 rings (SSSR count). The summed E-state index contributed by atoms with van der Waals surface area (Å²) >= 11 is 4.66. The van der Waals surface area contributed by atoms with Gasteiger partial charge in [-0.2, -0.15) is 0 Å². The molecule has 1 aromatic carbocycles. The highest BCUT2D eigenvalue weighted by Gasteiger charge is 2.04. The molecule has 0 unspecified atom stereocenters. The van der Waals surface area contributed by atoms with Crippen molar-refractivity contribution in [3.63, 3.8) is 0 Å². The molecule has 0 bridgehead atoms. The van der Waals surface area contributed by atoms with Gasteiger partial charge in [0, 0.05) is 11.3 Å². The van der Waals surface area contributed by atoms with Crippen molar-refractivity contribution in [2.24, 2.45) is 11.5 Å². The lowest BCUT2D eigenvalue weighted by atomic mass is 10.1. The smallest absolute Gasteiger partial charge is 0.165 e. The monoisotopic (exact) mass is 226 g/mol. The molecule has 80 valence electrons. The minimum absolute atomic E-state index is 0.156. The summed E-state index contributed by atoms with van der Waals surface area (Å²) < 4.78 is 18.1. The summed E-state index contributed by atoms with van der Waals surface area (Å²) in [5.41, 5.74) is 11.8. The van der Waals surface area contributed by atoms with E-state index in [4.69, 9.17) is 16.2 Å². The summed E-state index contributed by atoms with van der Waals surface area (Å²) in [7, 11) is 1.40. The van der Waals surface area contributed by atoms with Gasteiger partial charge in [-0.05, 0) is 24.3 Å². The lowest BCUT2D eigenvalue weighted by Crippen LogP contribution is -2.07. The molecule has 3 nitrogen and oxygen atoms in total. The summed E-state index contributed by atoms with van der Waals surface area (Å²) in [4.78, 5) is 0.156. The molecule has 0 aliphatic heterocycles. The van der Waals surface area contributed by atoms with E-state index in [1.165, 1.54) is 25.3 Å². The van der Waals surface area contributed by atoms with Crippen LogP contribution in [0.25, 0.3) is 5.70 Å². The van der Waals surface area contributed by atoms with Crippen molar-refractivity contribution in [1.82, 2.24) is 0 Å².